The molecule has 5 heteroatoms. The van der Waals surface area contributed by atoms with Crippen molar-refractivity contribution in [3.05, 3.63) is 52.0 Å². The summed E-state index contributed by atoms with van der Waals surface area (Å²) in [6.07, 6.45) is 0. The van der Waals surface area contributed by atoms with E-state index >= 15 is 0 Å². The van der Waals surface area contributed by atoms with E-state index in [-0.39, 0.29) is 5.91 Å². The molecule has 3 rings (SSSR count). The number of amides is 1. The first-order chi connectivity index (χ1) is 9.99. The second-order valence-corrected chi connectivity index (χ2v) is 6.06. The number of nitrogens with zero attached hydrogens (tertiary/aromatic N) is 1. The quantitative estimate of drug-likeness (QED) is 0.875. The van der Waals surface area contributed by atoms with E-state index in [4.69, 9.17) is 5.73 Å². The van der Waals surface area contributed by atoms with Crippen molar-refractivity contribution in [3.63, 3.8) is 0 Å². The van der Waals surface area contributed by atoms with Gasteiger partial charge in [0.2, 0.25) is 5.91 Å². The highest BCUT2D eigenvalue weighted by molar-refractivity contribution is 9.10. The molecule has 2 aromatic rings. The lowest BCUT2D eigenvalue weighted by Crippen LogP contribution is -2.19. The third-order valence-corrected chi connectivity index (χ3v) is 4.47. The molecular formula is C16H16BrN3O. The highest BCUT2D eigenvalue weighted by Crippen LogP contribution is 2.40. The molecule has 1 atom stereocenters. The monoisotopic (exact) mass is 345 g/mol. The summed E-state index contributed by atoms with van der Waals surface area (Å²) >= 11 is 3.58. The molecule has 1 unspecified atom stereocenters. The number of anilines is 3. The first kappa shape index (κ1) is 14.1. The number of para-hydroxylation sites is 1. The number of carbonyl (C=O) groups excluding carboxylic acids is 1. The third kappa shape index (κ3) is 2.32. The number of aryl methyl sites for hydroxylation is 1. The summed E-state index contributed by atoms with van der Waals surface area (Å²) in [5.41, 5.74) is 10.8. The maximum Gasteiger partial charge on any atom is 0.245 e. The molecule has 0 fully saturated rings. The molecule has 1 amide bonds. The molecule has 108 valence electrons. The Hall–Kier alpha value is -1.85. The zero-order chi connectivity index (χ0) is 15.1. The summed E-state index contributed by atoms with van der Waals surface area (Å²) in [5.74, 6) is -0.160. The van der Waals surface area contributed by atoms with Crippen LogP contribution in [0.1, 0.15) is 17.2 Å². The van der Waals surface area contributed by atoms with Gasteiger partial charge < -0.3 is 16.0 Å². The first-order valence-corrected chi connectivity index (χ1v) is 7.47. The van der Waals surface area contributed by atoms with Crippen LogP contribution in [-0.4, -0.2) is 13.0 Å². The van der Waals surface area contributed by atoms with E-state index in [0.29, 0.717) is 0 Å². The van der Waals surface area contributed by atoms with Crippen LogP contribution >= 0.6 is 15.9 Å². The van der Waals surface area contributed by atoms with Gasteiger partial charge in [0.15, 0.2) is 0 Å². The van der Waals surface area contributed by atoms with Crippen LogP contribution in [0.15, 0.2) is 40.9 Å². The lowest BCUT2D eigenvalue weighted by atomic mass is 10.1. The molecule has 0 spiro atoms. The molecule has 0 saturated heterocycles. The van der Waals surface area contributed by atoms with Crippen LogP contribution in [0.5, 0.6) is 0 Å². The van der Waals surface area contributed by atoms with Crippen molar-refractivity contribution in [1.29, 1.82) is 0 Å². The Morgan fingerprint density at radius 2 is 1.95 bits per heavy atom. The second-order valence-electron chi connectivity index (χ2n) is 5.20. The number of benzene rings is 2. The van der Waals surface area contributed by atoms with Crippen LogP contribution in [0.3, 0.4) is 0 Å². The highest BCUT2D eigenvalue weighted by Gasteiger charge is 2.28. The number of halogens is 1. The fraction of sp³-hybridized carbons (Fsp3) is 0.188. The molecule has 1 aliphatic rings. The molecule has 3 N–H and O–H groups in total. The van der Waals surface area contributed by atoms with Crippen molar-refractivity contribution < 1.29 is 4.79 Å². The number of hydrogen-bond acceptors (Lipinski definition) is 3. The normalized spacial score (nSPS) is 16.6. The van der Waals surface area contributed by atoms with Crippen LogP contribution in [0.4, 0.5) is 17.1 Å². The van der Waals surface area contributed by atoms with Gasteiger partial charge in [-0.1, -0.05) is 18.2 Å². The van der Waals surface area contributed by atoms with Crippen LogP contribution in [0.2, 0.25) is 0 Å². The van der Waals surface area contributed by atoms with Gasteiger partial charge >= 0.3 is 0 Å². The summed E-state index contributed by atoms with van der Waals surface area (Å²) in [6, 6.07) is 11.5. The number of carbonyl (C=O) groups is 1. The Labute approximate surface area is 132 Å². The Kier molecular flexibility index (Phi) is 3.47. The molecule has 0 saturated carbocycles. The van der Waals surface area contributed by atoms with E-state index in [9.17, 15) is 4.79 Å². The van der Waals surface area contributed by atoms with E-state index in [1.165, 1.54) is 5.56 Å². The second kappa shape index (κ2) is 5.16. The van der Waals surface area contributed by atoms with Gasteiger partial charge in [0.1, 0.15) is 6.04 Å². The molecule has 0 radical (unpaired) electrons. The van der Waals surface area contributed by atoms with Gasteiger partial charge in [-0.15, -0.1) is 0 Å². The fourth-order valence-electron chi connectivity index (χ4n) is 2.62. The minimum atomic E-state index is -0.589. The Bertz CT molecular complexity index is 729. The average Bonchev–Trinajstić information content (AvgIpc) is 2.73. The van der Waals surface area contributed by atoms with Gasteiger partial charge in [-0.3, -0.25) is 4.79 Å². The molecule has 0 aliphatic carbocycles. The predicted octanol–water partition coefficient (Wildman–Crippen LogP) is 3.48. The highest BCUT2D eigenvalue weighted by atomic mass is 79.9. The Balaban J connectivity index is 2.07. The predicted molar refractivity (Wildman–Crippen MR) is 88.9 cm³/mol. The molecule has 1 heterocycles. The van der Waals surface area contributed by atoms with E-state index in [1.54, 1.807) is 0 Å². The summed E-state index contributed by atoms with van der Waals surface area (Å²) in [6.45, 7) is 2.07. The SMILES string of the molecule is Cc1ccccc1N(C)c1cc2c(cc1Br)C(N)C(=O)N2. The molecule has 2 aromatic carbocycles. The van der Waals surface area contributed by atoms with Gasteiger partial charge in [-0.2, -0.15) is 0 Å². The Morgan fingerprint density at radius 3 is 2.67 bits per heavy atom. The van der Waals surface area contributed by atoms with Crippen LogP contribution in [0.25, 0.3) is 0 Å². The zero-order valence-corrected chi connectivity index (χ0v) is 13.4. The van der Waals surface area contributed by atoms with Gasteiger partial charge in [0, 0.05) is 28.5 Å². The van der Waals surface area contributed by atoms with E-state index in [1.807, 2.05) is 31.3 Å². The molecule has 4 nitrogen and oxygen atoms in total. The first-order valence-electron chi connectivity index (χ1n) is 6.68. The van der Waals surface area contributed by atoms with E-state index < -0.39 is 6.04 Å². The maximum atomic E-state index is 11.7. The minimum Gasteiger partial charge on any atom is -0.343 e. The van der Waals surface area contributed by atoms with E-state index in [2.05, 4.69) is 45.2 Å². The van der Waals surface area contributed by atoms with Crippen molar-refractivity contribution in [2.24, 2.45) is 5.73 Å². The molecule has 21 heavy (non-hydrogen) atoms. The third-order valence-electron chi connectivity index (χ3n) is 3.83. The van der Waals surface area contributed by atoms with Crippen molar-refractivity contribution in [2.45, 2.75) is 13.0 Å². The fourth-order valence-corrected chi connectivity index (χ4v) is 3.25. The summed E-state index contributed by atoms with van der Waals surface area (Å²) in [7, 11) is 2.01. The van der Waals surface area contributed by atoms with E-state index in [0.717, 1.165) is 27.1 Å². The smallest absolute Gasteiger partial charge is 0.245 e. The average molecular weight is 346 g/mol. The summed E-state index contributed by atoms with van der Waals surface area (Å²) < 4.78 is 0.916. The van der Waals surface area contributed by atoms with Crippen LogP contribution < -0.4 is 16.0 Å². The van der Waals surface area contributed by atoms with Gasteiger partial charge in [0.25, 0.3) is 0 Å². The van der Waals surface area contributed by atoms with Crippen molar-refractivity contribution in [2.75, 3.05) is 17.3 Å². The lowest BCUT2D eigenvalue weighted by Gasteiger charge is -2.23. The zero-order valence-electron chi connectivity index (χ0n) is 11.9. The number of nitrogens with two attached hydrogens (primary N) is 1. The molecular weight excluding hydrogens is 330 g/mol. The standard InChI is InChI=1S/C16H16BrN3O/c1-9-5-3-4-6-13(9)20(2)14-8-12-10(7-11(14)17)15(18)16(21)19-12/h3-8,15H,18H2,1-2H3,(H,19,21). The molecule has 0 aromatic heterocycles. The topological polar surface area (TPSA) is 58.4 Å². The summed E-state index contributed by atoms with van der Waals surface area (Å²) in [5, 5.41) is 2.82. The molecule has 0 bridgehead atoms. The van der Waals surface area contributed by atoms with Crippen molar-refractivity contribution in [1.82, 2.24) is 0 Å². The largest absolute Gasteiger partial charge is 0.343 e. The minimum absolute atomic E-state index is 0.160. The van der Waals surface area contributed by atoms with Crippen molar-refractivity contribution >= 4 is 38.9 Å². The number of hydrogen-bond donors (Lipinski definition) is 2. The number of fused-ring (bicyclic) bond motifs is 1. The van der Waals surface area contributed by atoms with Crippen LogP contribution in [-0.2, 0) is 4.79 Å². The van der Waals surface area contributed by atoms with Gasteiger partial charge in [-0.25, -0.2) is 0 Å². The van der Waals surface area contributed by atoms with Gasteiger partial charge in [-0.05, 0) is 46.6 Å². The number of nitrogens with one attached hydrogen (secondary N) is 1. The van der Waals surface area contributed by atoms with Gasteiger partial charge in [0.05, 0.1) is 5.69 Å². The van der Waals surface area contributed by atoms with Crippen LogP contribution in [0, 0.1) is 6.92 Å². The number of rotatable bonds is 2. The summed E-state index contributed by atoms with van der Waals surface area (Å²) in [4.78, 5) is 13.8. The maximum absolute atomic E-state index is 11.7. The molecule has 1 aliphatic heterocycles. The lowest BCUT2D eigenvalue weighted by molar-refractivity contribution is -0.116. The Morgan fingerprint density at radius 1 is 1.24 bits per heavy atom. The van der Waals surface area contributed by atoms with Crippen molar-refractivity contribution in [3.8, 4) is 0 Å².